The van der Waals surface area contributed by atoms with Crippen LogP contribution in [0, 0.1) is 6.92 Å². The van der Waals surface area contributed by atoms with Crippen LogP contribution < -0.4 is 0 Å². The van der Waals surface area contributed by atoms with E-state index >= 15 is 0 Å². The second kappa shape index (κ2) is 6.32. The van der Waals surface area contributed by atoms with Crippen molar-refractivity contribution in [2.45, 2.75) is 11.9 Å². The summed E-state index contributed by atoms with van der Waals surface area (Å²) >= 11 is 8.61. The van der Waals surface area contributed by atoms with Gasteiger partial charge in [0.05, 0.1) is 5.39 Å². The fraction of sp³-hybridized carbons (Fsp3) is 0.188. The van der Waals surface area contributed by atoms with E-state index in [1.807, 2.05) is 44.1 Å². The molecule has 0 aliphatic carbocycles. The Morgan fingerprint density at radius 1 is 1.18 bits per heavy atom. The first kappa shape index (κ1) is 15.4. The van der Waals surface area contributed by atoms with Crippen LogP contribution in [0.4, 0.5) is 0 Å². The summed E-state index contributed by atoms with van der Waals surface area (Å²) in [5.74, 6) is 0.776. The predicted octanol–water partition coefficient (Wildman–Crippen LogP) is 4.61. The second-order valence-electron chi connectivity index (χ2n) is 5.03. The predicted molar refractivity (Wildman–Crippen MR) is 99.7 cm³/mol. The zero-order chi connectivity index (χ0) is 15.7. The van der Waals surface area contributed by atoms with E-state index in [2.05, 4.69) is 27.5 Å². The molecule has 0 fully saturated rings. The number of nitrogens with zero attached hydrogens (tertiary/aromatic N) is 3. The molecule has 0 aliphatic heterocycles. The molecule has 2 aromatic heterocycles. The maximum absolute atomic E-state index is 5.43. The SMILES string of the molecule is Cc1nc(SC(=S)N(C)C)c2c(-c3ccccc3)csc2n1. The molecule has 0 saturated carbocycles. The molecule has 6 heteroatoms. The summed E-state index contributed by atoms with van der Waals surface area (Å²) in [4.78, 5) is 12.1. The molecule has 2 heterocycles. The molecular formula is C16H15N3S3. The van der Waals surface area contributed by atoms with Crippen LogP contribution in [0.1, 0.15) is 5.82 Å². The normalized spacial score (nSPS) is 10.9. The van der Waals surface area contributed by atoms with E-state index in [-0.39, 0.29) is 0 Å². The number of aromatic nitrogens is 2. The molecule has 0 saturated heterocycles. The molecule has 0 bridgehead atoms. The lowest BCUT2D eigenvalue weighted by Crippen LogP contribution is -2.16. The zero-order valence-electron chi connectivity index (χ0n) is 12.5. The summed E-state index contributed by atoms with van der Waals surface area (Å²) in [6, 6.07) is 10.3. The minimum absolute atomic E-state index is 0.776. The third kappa shape index (κ3) is 2.99. The van der Waals surface area contributed by atoms with E-state index in [9.17, 15) is 0 Å². The molecule has 0 radical (unpaired) electrons. The minimum atomic E-state index is 0.776. The summed E-state index contributed by atoms with van der Waals surface area (Å²) in [6.45, 7) is 1.92. The molecule has 3 nitrogen and oxygen atoms in total. The lowest BCUT2D eigenvalue weighted by Gasteiger charge is -2.13. The molecule has 0 atom stereocenters. The minimum Gasteiger partial charge on any atom is -0.363 e. The van der Waals surface area contributed by atoms with Crippen molar-refractivity contribution in [3.8, 4) is 11.1 Å². The van der Waals surface area contributed by atoms with Gasteiger partial charge in [0.25, 0.3) is 0 Å². The monoisotopic (exact) mass is 345 g/mol. The van der Waals surface area contributed by atoms with Crippen LogP contribution in [0.2, 0.25) is 0 Å². The summed E-state index contributed by atoms with van der Waals surface area (Å²) in [5.41, 5.74) is 2.35. The first-order valence-electron chi connectivity index (χ1n) is 6.76. The van der Waals surface area contributed by atoms with Crippen LogP contribution in [-0.2, 0) is 0 Å². The van der Waals surface area contributed by atoms with Crippen molar-refractivity contribution in [3.05, 3.63) is 41.5 Å². The summed E-state index contributed by atoms with van der Waals surface area (Å²) in [6.07, 6.45) is 0. The Balaban J connectivity index is 2.18. The fourth-order valence-corrected chi connectivity index (χ4v) is 4.22. The summed E-state index contributed by atoms with van der Waals surface area (Å²) < 4.78 is 0.796. The van der Waals surface area contributed by atoms with Gasteiger partial charge in [-0.15, -0.1) is 11.3 Å². The average Bonchev–Trinajstić information content (AvgIpc) is 2.91. The van der Waals surface area contributed by atoms with Crippen LogP contribution in [0.25, 0.3) is 21.3 Å². The number of thioether (sulfide) groups is 1. The van der Waals surface area contributed by atoms with E-state index in [0.29, 0.717) is 0 Å². The van der Waals surface area contributed by atoms with E-state index in [1.165, 1.54) is 22.9 Å². The number of thiophene rings is 1. The van der Waals surface area contributed by atoms with Crippen LogP contribution >= 0.6 is 35.3 Å². The summed E-state index contributed by atoms with van der Waals surface area (Å²) in [5, 5.41) is 4.17. The molecule has 3 rings (SSSR count). The number of benzene rings is 1. The molecule has 0 spiro atoms. The van der Waals surface area contributed by atoms with Crippen molar-refractivity contribution in [1.29, 1.82) is 0 Å². The molecule has 112 valence electrons. The van der Waals surface area contributed by atoms with Crippen molar-refractivity contribution in [3.63, 3.8) is 0 Å². The van der Waals surface area contributed by atoms with Gasteiger partial charge in [-0.05, 0) is 24.2 Å². The highest BCUT2D eigenvalue weighted by atomic mass is 32.2. The highest BCUT2D eigenvalue weighted by molar-refractivity contribution is 8.23. The van der Waals surface area contributed by atoms with Gasteiger partial charge >= 0.3 is 0 Å². The van der Waals surface area contributed by atoms with Crippen LogP contribution in [-0.4, -0.2) is 33.3 Å². The van der Waals surface area contributed by atoms with Gasteiger partial charge in [0, 0.05) is 25.0 Å². The van der Waals surface area contributed by atoms with Gasteiger partial charge < -0.3 is 4.90 Å². The third-order valence-corrected chi connectivity index (χ3v) is 5.66. The van der Waals surface area contributed by atoms with E-state index in [4.69, 9.17) is 12.2 Å². The van der Waals surface area contributed by atoms with Gasteiger partial charge in [-0.2, -0.15) is 0 Å². The quantitative estimate of drug-likeness (QED) is 0.384. The molecule has 0 amide bonds. The standard InChI is InChI=1S/C16H15N3S3/c1-10-17-14-13(15(18-10)22-16(20)19(2)3)12(9-21-14)11-7-5-4-6-8-11/h4-9H,1-3H3. The topological polar surface area (TPSA) is 29.0 Å². The van der Waals surface area contributed by atoms with E-state index in [1.54, 1.807) is 11.3 Å². The fourth-order valence-electron chi connectivity index (χ4n) is 2.09. The first-order chi connectivity index (χ1) is 10.6. The number of rotatable bonds is 2. The van der Waals surface area contributed by atoms with Crippen LogP contribution in [0.15, 0.2) is 40.7 Å². The Bertz CT molecular complexity index is 825. The van der Waals surface area contributed by atoms with Crippen molar-refractivity contribution in [2.24, 2.45) is 0 Å². The number of hydrogen-bond acceptors (Lipinski definition) is 5. The Morgan fingerprint density at radius 3 is 2.59 bits per heavy atom. The Hall–Kier alpha value is -1.50. The first-order valence-corrected chi connectivity index (χ1v) is 8.87. The van der Waals surface area contributed by atoms with Gasteiger partial charge in [0.2, 0.25) is 0 Å². The molecule has 0 aliphatic rings. The average molecular weight is 346 g/mol. The number of aryl methyl sites for hydroxylation is 1. The van der Waals surface area contributed by atoms with E-state index in [0.717, 1.165) is 25.4 Å². The van der Waals surface area contributed by atoms with Gasteiger partial charge in [0.15, 0.2) is 0 Å². The van der Waals surface area contributed by atoms with Crippen molar-refractivity contribution in [1.82, 2.24) is 14.9 Å². The summed E-state index contributed by atoms with van der Waals surface area (Å²) in [7, 11) is 3.90. The lowest BCUT2D eigenvalue weighted by molar-refractivity contribution is 0.648. The Kier molecular flexibility index (Phi) is 4.42. The number of fused-ring (bicyclic) bond motifs is 1. The lowest BCUT2D eigenvalue weighted by atomic mass is 10.1. The van der Waals surface area contributed by atoms with Crippen LogP contribution in [0.5, 0.6) is 0 Å². The maximum atomic E-state index is 5.43. The smallest absolute Gasteiger partial charge is 0.142 e. The van der Waals surface area contributed by atoms with Gasteiger partial charge in [-0.1, -0.05) is 42.5 Å². The molecule has 3 aromatic rings. The van der Waals surface area contributed by atoms with Crippen molar-refractivity contribution in [2.75, 3.05) is 14.1 Å². The van der Waals surface area contributed by atoms with Gasteiger partial charge in [-0.25, -0.2) is 9.97 Å². The Morgan fingerprint density at radius 2 is 1.91 bits per heavy atom. The van der Waals surface area contributed by atoms with Crippen molar-refractivity contribution >= 4 is 49.9 Å². The molecule has 0 unspecified atom stereocenters. The largest absolute Gasteiger partial charge is 0.363 e. The van der Waals surface area contributed by atoms with Gasteiger partial charge in [-0.3, -0.25) is 0 Å². The maximum Gasteiger partial charge on any atom is 0.142 e. The molecule has 22 heavy (non-hydrogen) atoms. The third-order valence-electron chi connectivity index (χ3n) is 3.15. The molecular weight excluding hydrogens is 330 g/mol. The van der Waals surface area contributed by atoms with Gasteiger partial charge in [0.1, 0.15) is 20.0 Å². The zero-order valence-corrected chi connectivity index (χ0v) is 15.0. The highest BCUT2D eigenvalue weighted by Gasteiger charge is 2.16. The highest BCUT2D eigenvalue weighted by Crippen LogP contribution is 2.38. The van der Waals surface area contributed by atoms with Crippen molar-refractivity contribution < 1.29 is 0 Å². The second-order valence-corrected chi connectivity index (χ2v) is 7.51. The number of hydrogen-bond donors (Lipinski definition) is 0. The Labute approximate surface area is 143 Å². The molecule has 1 aromatic carbocycles. The van der Waals surface area contributed by atoms with Crippen LogP contribution in [0.3, 0.4) is 0 Å². The molecule has 0 N–H and O–H groups in total. The van der Waals surface area contributed by atoms with E-state index < -0.39 is 0 Å². The number of thiocarbonyl (C=S) groups is 1.